The summed E-state index contributed by atoms with van der Waals surface area (Å²) in [5.41, 5.74) is 1.49. The predicted molar refractivity (Wildman–Crippen MR) is 77.4 cm³/mol. The quantitative estimate of drug-likeness (QED) is 0.498. The number of unbranched alkanes of at least 4 members (excludes halogenated alkanes) is 4. The van der Waals surface area contributed by atoms with Crippen LogP contribution in [0.15, 0.2) is 30.3 Å². The van der Waals surface area contributed by atoms with E-state index in [0.29, 0.717) is 5.92 Å². The molecule has 0 N–H and O–H groups in total. The van der Waals surface area contributed by atoms with Crippen LogP contribution in [-0.4, -0.2) is 0 Å². The van der Waals surface area contributed by atoms with Crippen LogP contribution in [0.4, 0.5) is 0 Å². The highest BCUT2D eigenvalue weighted by molar-refractivity contribution is 5.19. The maximum atomic E-state index is 2.40. The molecular formula is C17H28. The van der Waals surface area contributed by atoms with Crippen LogP contribution in [0.2, 0.25) is 0 Å². The van der Waals surface area contributed by atoms with E-state index in [1.165, 1.54) is 44.1 Å². The molecule has 0 fully saturated rings. The predicted octanol–water partition coefficient (Wildman–Crippen LogP) is 5.79. The molecular weight excluding hydrogens is 204 g/mol. The summed E-state index contributed by atoms with van der Waals surface area (Å²) in [6.45, 7) is 7.05. The monoisotopic (exact) mass is 232 g/mol. The Hall–Kier alpha value is -0.780. The van der Waals surface area contributed by atoms with Gasteiger partial charge in [-0.15, -0.1) is 0 Å². The van der Waals surface area contributed by atoms with E-state index < -0.39 is 0 Å². The minimum Gasteiger partial charge on any atom is -0.0654 e. The van der Waals surface area contributed by atoms with Gasteiger partial charge >= 0.3 is 0 Å². The fraction of sp³-hybridized carbons (Fsp3) is 0.647. The Kier molecular flexibility index (Phi) is 7.00. The topological polar surface area (TPSA) is 0 Å². The van der Waals surface area contributed by atoms with Gasteiger partial charge in [-0.2, -0.15) is 0 Å². The molecule has 2 atom stereocenters. The third-order valence-corrected chi connectivity index (χ3v) is 3.94. The Labute approximate surface area is 107 Å². The van der Waals surface area contributed by atoms with Crippen LogP contribution in [0.25, 0.3) is 0 Å². The van der Waals surface area contributed by atoms with Crippen molar-refractivity contribution in [3.63, 3.8) is 0 Å². The van der Waals surface area contributed by atoms with E-state index in [-0.39, 0.29) is 0 Å². The van der Waals surface area contributed by atoms with E-state index >= 15 is 0 Å². The lowest BCUT2D eigenvalue weighted by Crippen LogP contribution is -2.06. The largest absolute Gasteiger partial charge is 0.0654 e. The molecule has 2 unspecified atom stereocenters. The Balaban J connectivity index is 2.25. The smallest absolute Gasteiger partial charge is 0.0165 e. The Bertz CT molecular complexity index is 275. The van der Waals surface area contributed by atoms with Crippen molar-refractivity contribution >= 4 is 0 Å². The lowest BCUT2D eigenvalue weighted by molar-refractivity contribution is 0.426. The molecule has 0 amide bonds. The van der Waals surface area contributed by atoms with Gasteiger partial charge < -0.3 is 0 Å². The molecule has 0 aliphatic carbocycles. The van der Waals surface area contributed by atoms with Gasteiger partial charge in [0.25, 0.3) is 0 Å². The number of rotatable bonds is 8. The lowest BCUT2D eigenvalue weighted by Gasteiger charge is -2.20. The molecule has 0 aliphatic rings. The molecule has 0 aliphatic heterocycles. The molecule has 0 aromatic heterocycles. The van der Waals surface area contributed by atoms with E-state index in [9.17, 15) is 0 Å². The highest BCUT2D eigenvalue weighted by atomic mass is 14.2. The summed E-state index contributed by atoms with van der Waals surface area (Å²) in [5, 5.41) is 0. The third kappa shape index (κ3) is 5.39. The second-order valence-electron chi connectivity index (χ2n) is 5.38. The highest BCUT2D eigenvalue weighted by Gasteiger charge is 2.13. The van der Waals surface area contributed by atoms with E-state index in [1.807, 2.05) is 0 Å². The zero-order valence-electron chi connectivity index (χ0n) is 11.8. The van der Waals surface area contributed by atoms with Gasteiger partial charge in [0.05, 0.1) is 0 Å². The average molecular weight is 232 g/mol. The van der Waals surface area contributed by atoms with Gasteiger partial charge in [-0.3, -0.25) is 0 Å². The summed E-state index contributed by atoms with van der Waals surface area (Å²) in [5.74, 6) is 1.50. The maximum absolute atomic E-state index is 2.40. The van der Waals surface area contributed by atoms with Crippen LogP contribution < -0.4 is 0 Å². The van der Waals surface area contributed by atoms with E-state index in [0.717, 1.165) is 5.92 Å². The molecule has 0 saturated carbocycles. The van der Waals surface area contributed by atoms with Gasteiger partial charge in [0.2, 0.25) is 0 Å². The van der Waals surface area contributed by atoms with Gasteiger partial charge in [0.1, 0.15) is 0 Å². The molecule has 0 heteroatoms. The van der Waals surface area contributed by atoms with Gasteiger partial charge in [-0.05, 0) is 17.4 Å². The minimum atomic E-state index is 0.697. The van der Waals surface area contributed by atoms with Crippen molar-refractivity contribution in [3.05, 3.63) is 35.9 Å². The zero-order chi connectivity index (χ0) is 12.5. The lowest BCUT2D eigenvalue weighted by atomic mass is 9.85. The maximum Gasteiger partial charge on any atom is -0.0165 e. The van der Waals surface area contributed by atoms with Crippen LogP contribution in [0.5, 0.6) is 0 Å². The van der Waals surface area contributed by atoms with Crippen LogP contribution in [0.3, 0.4) is 0 Å². The number of hydrogen-bond acceptors (Lipinski definition) is 0. The molecule has 1 aromatic rings. The van der Waals surface area contributed by atoms with Crippen molar-refractivity contribution in [1.29, 1.82) is 0 Å². The van der Waals surface area contributed by atoms with E-state index in [1.54, 1.807) is 0 Å². The highest BCUT2D eigenvalue weighted by Crippen LogP contribution is 2.27. The zero-order valence-corrected chi connectivity index (χ0v) is 11.8. The molecule has 0 heterocycles. The molecule has 1 aromatic carbocycles. The van der Waals surface area contributed by atoms with Crippen molar-refractivity contribution in [2.75, 3.05) is 0 Å². The third-order valence-electron chi connectivity index (χ3n) is 3.94. The van der Waals surface area contributed by atoms with Crippen molar-refractivity contribution in [2.45, 2.75) is 65.2 Å². The molecule has 17 heavy (non-hydrogen) atoms. The van der Waals surface area contributed by atoms with Gasteiger partial charge in [-0.1, -0.05) is 89.6 Å². The van der Waals surface area contributed by atoms with Gasteiger partial charge in [0, 0.05) is 0 Å². The standard InChI is InChI=1S/C17H28/c1-4-5-6-7-9-12-15(2)16(3)17-13-10-8-11-14-17/h8,10-11,13-16H,4-7,9,12H2,1-3H3. The van der Waals surface area contributed by atoms with Crippen LogP contribution in [-0.2, 0) is 0 Å². The second kappa shape index (κ2) is 8.33. The fourth-order valence-corrected chi connectivity index (χ4v) is 2.40. The summed E-state index contributed by atoms with van der Waals surface area (Å²) >= 11 is 0. The summed E-state index contributed by atoms with van der Waals surface area (Å²) in [6.07, 6.45) is 8.36. The van der Waals surface area contributed by atoms with Crippen LogP contribution in [0, 0.1) is 5.92 Å². The SMILES string of the molecule is CCCCCCCC(C)C(C)c1ccccc1. The molecule has 96 valence electrons. The second-order valence-corrected chi connectivity index (χ2v) is 5.38. The van der Waals surface area contributed by atoms with Crippen LogP contribution >= 0.6 is 0 Å². The Morgan fingerprint density at radius 3 is 2.18 bits per heavy atom. The molecule has 0 spiro atoms. The first-order valence-electron chi connectivity index (χ1n) is 7.30. The van der Waals surface area contributed by atoms with Crippen molar-refractivity contribution in [2.24, 2.45) is 5.92 Å². The van der Waals surface area contributed by atoms with E-state index in [2.05, 4.69) is 51.1 Å². The van der Waals surface area contributed by atoms with Crippen molar-refractivity contribution in [3.8, 4) is 0 Å². The fourth-order valence-electron chi connectivity index (χ4n) is 2.40. The first kappa shape index (κ1) is 14.3. The Morgan fingerprint density at radius 2 is 1.53 bits per heavy atom. The minimum absolute atomic E-state index is 0.697. The number of benzene rings is 1. The van der Waals surface area contributed by atoms with Crippen molar-refractivity contribution in [1.82, 2.24) is 0 Å². The van der Waals surface area contributed by atoms with Gasteiger partial charge in [-0.25, -0.2) is 0 Å². The summed E-state index contributed by atoms with van der Waals surface area (Å²) in [6, 6.07) is 10.9. The number of hydrogen-bond donors (Lipinski definition) is 0. The first-order chi connectivity index (χ1) is 8.25. The molecule has 0 radical (unpaired) electrons. The summed E-state index contributed by atoms with van der Waals surface area (Å²) < 4.78 is 0. The molecule has 0 nitrogen and oxygen atoms in total. The molecule has 0 saturated heterocycles. The summed E-state index contributed by atoms with van der Waals surface area (Å²) in [4.78, 5) is 0. The Morgan fingerprint density at radius 1 is 0.882 bits per heavy atom. The average Bonchev–Trinajstić information content (AvgIpc) is 2.38. The van der Waals surface area contributed by atoms with Gasteiger partial charge in [0.15, 0.2) is 0 Å². The molecule has 0 bridgehead atoms. The normalized spacial score (nSPS) is 14.5. The van der Waals surface area contributed by atoms with Crippen LogP contribution in [0.1, 0.15) is 70.8 Å². The van der Waals surface area contributed by atoms with Crippen molar-refractivity contribution < 1.29 is 0 Å². The van der Waals surface area contributed by atoms with E-state index in [4.69, 9.17) is 0 Å². The first-order valence-corrected chi connectivity index (χ1v) is 7.30. The summed E-state index contributed by atoms with van der Waals surface area (Å²) in [7, 11) is 0. The molecule has 1 rings (SSSR count).